The highest BCUT2D eigenvalue weighted by atomic mass is 79.9. The molecule has 6 unspecified atom stereocenters. The molecule has 1 spiro atoms. The van der Waals surface area contributed by atoms with Gasteiger partial charge in [-0.2, -0.15) is 0 Å². The van der Waals surface area contributed by atoms with Crippen molar-refractivity contribution in [3.05, 3.63) is 11.6 Å². The number of carbonyl (C=O) groups excluding carboxylic acids is 1. The number of aliphatic hydroxyl groups excluding tert-OH is 1. The van der Waals surface area contributed by atoms with E-state index < -0.39 is 0 Å². The van der Waals surface area contributed by atoms with Crippen molar-refractivity contribution in [3.8, 4) is 0 Å². The number of allylic oxidation sites excluding steroid dienone is 2. The summed E-state index contributed by atoms with van der Waals surface area (Å²) in [4.78, 5) is 12.5. The predicted octanol–water partition coefficient (Wildman–Crippen LogP) is 4.75. The lowest BCUT2D eigenvalue weighted by molar-refractivity contribution is -0.183. The van der Waals surface area contributed by atoms with Crippen molar-refractivity contribution in [1.29, 1.82) is 0 Å². The van der Waals surface area contributed by atoms with E-state index in [2.05, 4.69) is 35.9 Å². The van der Waals surface area contributed by atoms with Crippen LogP contribution in [0.5, 0.6) is 0 Å². The molecule has 6 rings (SSSR count). The van der Waals surface area contributed by atoms with Gasteiger partial charge in [-0.1, -0.05) is 35.9 Å². The minimum atomic E-state index is -0.0222. The van der Waals surface area contributed by atoms with Crippen LogP contribution in [0.2, 0.25) is 0 Å². The lowest BCUT2D eigenvalue weighted by Gasteiger charge is -2.64. The van der Waals surface area contributed by atoms with Gasteiger partial charge in [0.2, 0.25) is 0 Å². The van der Waals surface area contributed by atoms with E-state index in [4.69, 9.17) is 0 Å². The third kappa shape index (κ3) is 1.54. The minimum absolute atomic E-state index is 0.0222. The SMILES string of the molecule is C[C@]12CCC3C(CC4C5C[C@H]6C(O)CC[C@@]3(C)[C@@]456)C1CC=C2C(=O)CBr. The van der Waals surface area contributed by atoms with Crippen molar-refractivity contribution in [2.75, 3.05) is 5.33 Å². The molecule has 5 fully saturated rings. The van der Waals surface area contributed by atoms with Crippen LogP contribution in [-0.2, 0) is 4.79 Å². The molecule has 0 aromatic heterocycles. The van der Waals surface area contributed by atoms with Crippen LogP contribution in [0.4, 0.5) is 0 Å². The van der Waals surface area contributed by atoms with Crippen LogP contribution in [0.3, 0.4) is 0 Å². The summed E-state index contributed by atoms with van der Waals surface area (Å²) in [5.74, 6) is 5.03. The highest BCUT2D eigenvalue weighted by Gasteiger charge is 2.86. The van der Waals surface area contributed by atoms with Crippen LogP contribution < -0.4 is 0 Å². The molecular formula is C23H31BrO2. The maximum atomic E-state index is 12.5. The molecule has 0 aromatic carbocycles. The number of ketones is 1. The predicted molar refractivity (Wildman–Crippen MR) is 105 cm³/mol. The maximum Gasteiger partial charge on any atom is 0.169 e. The molecule has 0 heterocycles. The second-order valence-electron chi connectivity index (χ2n) is 11.0. The largest absolute Gasteiger partial charge is 0.393 e. The molecule has 26 heavy (non-hydrogen) atoms. The first-order valence-corrected chi connectivity index (χ1v) is 12.0. The monoisotopic (exact) mass is 418 g/mol. The van der Waals surface area contributed by atoms with Crippen molar-refractivity contribution in [2.24, 2.45) is 51.8 Å². The maximum absolute atomic E-state index is 12.5. The number of hydrogen-bond donors (Lipinski definition) is 1. The number of hydrogen-bond acceptors (Lipinski definition) is 2. The third-order valence-corrected chi connectivity index (χ3v) is 11.4. The van der Waals surface area contributed by atoms with Crippen LogP contribution in [0.1, 0.15) is 58.8 Å². The fraction of sp³-hybridized carbons (Fsp3) is 0.870. The van der Waals surface area contributed by atoms with Crippen LogP contribution in [0.15, 0.2) is 11.6 Å². The van der Waals surface area contributed by atoms with Gasteiger partial charge in [0.05, 0.1) is 11.4 Å². The summed E-state index contributed by atoms with van der Waals surface area (Å²) in [6, 6.07) is 0. The van der Waals surface area contributed by atoms with Gasteiger partial charge in [-0.3, -0.25) is 4.79 Å². The quantitative estimate of drug-likeness (QED) is 0.657. The molecule has 10 atom stereocenters. The Hall–Kier alpha value is -0.150. The number of fused-ring (bicyclic) bond motifs is 5. The summed E-state index contributed by atoms with van der Waals surface area (Å²) in [6.07, 6.45) is 10.8. The van der Waals surface area contributed by atoms with Crippen LogP contribution in [0.25, 0.3) is 0 Å². The molecular weight excluding hydrogens is 388 g/mol. The second-order valence-corrected chi connectivity index (χ2v) is 11.6. The lowest BCUT2D eigenvalue weighted by Crippen LogP contribution is -2.60. The molecule has 5 saturated carbocycles. The smallest absolute Gasteiger partial charge is 0.169 e. The van der Waals surface area contributed by atoms with Gasteiger partial charge >= 0.3 is 0 Å². The van der Waals surface area contributed by atoms with Crippen molar-refractivity contribution >= 4 is 21.7 Å². The normalized spacial score (nSPS) is 61.4. The highest BCUT2D eigenvalue weighted by molar-refractivity contribution is 9.09. The molecule has 0 amide bonds. The zero-order valence-corrected chi connectivity index (χ0v) is 17.6. The Morgan fingerprint density at radius 1 is 1.12 bits per heavy atom. The first-order valence-electron chi connectivity index (χ1n) is 10.9. The van der Waals surface area contributed by atoms with E-state index in [1.807, 2.05) is 0 Å². The van der Waals surface area contributed by atoms with E-state index in [1.165, 1.54) is 32.1 Å². The van der Waals surface area contributed by atoms with Gasteiger partial charge < -0.3 is 5.11 Å². The third-order valence-electron chi connectivity index (χ3n) is 10.9. The molecule has 6 aliphatic carbocycles. The van der Waals surface area contributed by atoms with Gasteiger partial charge in [-0.05, 0) is 102 Å². The van der Waals surface area contributed by atoms with E-state index in [1.54, 1.807) is 0 Å². The highest BCUT2D eigenvalue weighted by Crippen LogP contribution is 2.90. The molecule has 0 aliphatic heterocycles. The number of alkyl halides is 1. The Labute approximate surface area is 165 Å². The van der Waals surface area contributed by atoms with E-state index in [0.717, 1.165) is 42.1 Å². The van der Waals surface area contributed by atoms with Gasteiger partial charge in [0.1, 0.15) is 0 Å². The van der Waals surface area contributed by atoms with Gasteiger partial charge in [-0.25, -0.2) is 0 Å². The molecule has 142 valence electrons. The fourth-order valence-corrected chi connectivity index (χ4v) is 10.3. The summed E-state index contributed by atoms with van der Waals surface area (Å²) in [5, 5.41) is 11.1. The average Bonchev–Trinajstić information content (AvgIpc) is 2.92. The number of Topliss-reactive ketones (excluding diaryl/α,β-unsaturated/α-hetero) is 1. The second kappa shape index (κ2) is 4.87. The summed E-state index contributed by atoms with van der Waals surface area (Å²) < 4.78 is 0. The van der Waals surface area contributed by atoms with Crippen LogP contribution in [-0.4, -0.2) is 22.3 Å². The first kappa shape index (κ1) is 16.8. The average molecular weight is 419 g/mol. The Morgan fingerprint density at radius 3 is 2.65 bits per heavy atom. The van der Waals surface area contributed by atoms with Crippen molar-refractivity contribution in [3.63, 3.8) is 0 Å². The van der Waals surface area contributed by atoms with Gasteiger partial charge in [0.15, 0.2) is 5.78 Å². The van der Waals surface area contributed by atoms with Gasteiger partial charge in [-0.15, -0.1) is 0 Å². The Balaban J connectivity index is 1.37. The molecule has 0 radical (unpaired) electrons. The number of rotatable bonds is 2. The first-order chi connectivity index (χ1) is 12.4. The van der Waals surface area contributed by atoms with Crippen molar-refractivity contribution in [2.45, 2.75) is 64.9 Å². The number of carbonyl (C=O) groups is 1. The van der Waals surface area contributed by atoms with Crippen LogP contribution in [0, 0.1) is 51.8 Å². The minimum Gasteiger partial charge on any atom is -0.393 e. The van der Waals surface area contributed by atoms with Crippen molar-refractivity contribution < 1.29 is 9.90 Å². The molecule has 3 heteroatoms. The standard InChI is InChI=1S/C23H31BrO2/c1-21-7-5-14-12(13(21)3-4-15(21)20(26)11-24)9-16-17-10-18-19(25)6-8-22(14,2)23(16,17)18/h4,12-14,16-19,25H,3,5-11H2,1-2H3/t12?,13?,14?,16?,17?,18-,19?,21-,22+,23-/m0/s1. The number of halogens is 1. The zero-order chi connectivity index (χ0) is 18.1. The van der Waals surface area contributed by atoms with E-state index in [-0.39, 0.29) is 11.5 Å². The summed E-state index contributed by atoms with van der Waals surface area (Å²) in [6.45, 7) is 5.01. The molecule has 0 bridgehead atoms. The summed E-state index contributed by atoms with van der Waals surface area (Å²) in [7, 11) is 0. The van der Waals surface area contributed by atoms with E-state index >= 15 is 0 Å². The number of aliphatic hydroxyl groups is 1. The van der Waals surface area contributed by atoms with Crippen molar-refractivity contribution in [1.82, 2.24) is 0 Å². The molecule has 6 aliphatic rings. The molecule has 0 aromatic rings. The van der Waals surface area contributed by atoms with Gasteiger partial charge in [0.25, 0.3) is 0 Å². The topological polar surface area (TPSA) is 37.3 Å². The van der Waals surface area contributed by atoms with E-state index in [0.29, 0.717) is 33.8 Å². The van der Waals surface area contributed by atoms with Gasteiger partial charge in [0, 0.05) is 0 Å². The Morgan fingerprint density at radius 2 is 1.88 bits per heavy atom. The molecule has 0 saturated heterocycles. The summed E-state index contributed by atoms with van der Waals surface area (Å²) >= 11 is 3.41. The lowest BCUT2D eigenvalue weighted by atomic mass is 9.40. The van der Waals surface area contributed by atoms with E-state index in [9.17, 15) is 9.90 Å². The fourth-order valence-electron chi connectivity index (χ4n) is 10.0. The van der Waals surface area contributed by atoms with Crippen LogP contribution >= 0.6 is 15.9 Å². The molecule has 2 nitrogen and oxygen atoms in total. The Kier molecular flexibility index (Phi) is 3.14. The zero-order valence-electron chi connectivity index (χ0n) is 16.0. The Bertz CT molecular complexity index is 730. The molecule has 1 N–H and O–H groups in total. The summed E-state index contributed by atoms with van der Waals surface area (Å²) in [5.41, 5.74) is 2.23.